The molecule has 0 saturated heterocycles. The van der Waals surface area contributed by atoms with Gasteiger partial charge in [0.05, 0.1) is 0 Å². The molecule has 1 aromatic carbocycles. The maximum Gasteiger partial charge on any atom is 0.345 e. The summed E-state index contributed by atoms with van der Waals surface area (Å²) in [4.78, 5) is 16.1. The molecule has 0 fully saturated rings. The van der Waals surface area contributed by atoms with Crippen LogP contribution in [0.5, 0.6) is 5.75 Å². The maximum atomic E-state index is 13.1. The molecule has 5 nitrogen and oxygen atoms in total. The van der Waals surface area contributed by atoms with Crippen molar-refractivity contribution in [3.8, 4) is 5.75 Å². The van der Waals surface area contributed by atoms with Crippen molar-refractivity contribution in [3.63, 3.8) is 0 Å². The molecule has 1 unspecified atom stereocenters. The van der Waals surface area contributed by atoms with Gasteiger partial charge in [0.1, 0.15) is 23.4 Å². The number of halogens is 1. The highest BCUT2D eigenvalue weighted by atomic mass is 19.1. The van der Waals surface area contributed by atoms with E-state index < -0.39 is 17.9 Å². The normalized spacial score (nSPS) is 20.1. The number of benzene rings is 1. The van der Waals surface area contributed by atoms with Crippen molar-refractivity contribution < 1.29 is 14.3 Å². The van der Waals surface area contributed by atoms with Gasteiger partial charge in [0.2, 0.25) is 0 Å². The van der Waals surface area contributed by atoms with E-state index >= 15 is 0 Å². The van der Waals surface area contributed by atoms with Gasteiger partial charge in [-0.1, -0.05) is 0 Å². The molecule has 1 atom stereocenters. The first-order valence-corrected chi connectivity index (χ1v) is 4.59. The number of urea groups is 1. The molecular weight excluding hydrogens is 213 g/mol. The van der Waals surface area contributed by atoms with Crippen molar-refractivity contribution in [2.45, 2.75) is 6.04 Å². The number of phenols is 1. The molecule has 1 aromatic rings. The van der Waals surface area contributed by atoms with Crippen LogP contribution in [0.25, 0.3) is 0 Å². The van der Waals surface area contributed by atoms with Gasteiger partial charge in [0.15, 0.2) is 0 Å². The summed E-state index contributed by atoms with van der Waals surface area (Å²) in [5.41, 5.74) is 5.97. The molecule has 3 N–H and O–H groups in total. The Morgan fingerprint density at radius 1 is 1.50 bits per heavy atom. The Morgan fingerprint density at radius 2 is 2.19 bits per heavy atom. The second-order valence-electron chi connectivity index (χ2n) is 3.58. The Kier molecular flexibility index (Phi) is 2.26. The van der Waals surface area contributed by atoms with Gasteiger partial charge in [-0.25, -0.2) is 9.18 Å². The number of likely N-dealkylation sites (N-methyl/N-ethyl adjacent to an activating group) is 1. The largest absolute Gasteiger partial charge is 0.508 e. The third kappa shape index (κ3) is 1.58. The highest BCUT2D eigenvalue weighted by molar-refractivity contribution is 6.03. The summed E-state index contributed by atoms with van der Waals surface area (Å²) in [5.74, 6) is -0.705. The SMILES string of the molecule is CN1C(=O)N=C(N)C1c1cc(O)cc(F)c1. The van der Waals surface area contributed by atoms with Gasteiger partial charge >= 0.3 is 6.03 Å². The first kappa shape index (κ1) is 10.4. The zero-order valence-electron chi connectivity index (χ0n) is 8.51. The number of amides is 2. The zero-order chi connectivity index (χ0) is 11.9. The van der Waals surface area contributed by atoms with Gasteiger partial charge in [0, 0.05) is 13.1 Å². The van der Waals surface area contributed by atoms with Crippen LogP contribution in [0.15, 0.2) is 23.2 Å². The van der Waals surface area contributed by atoms with Crippen molar-refractivity contribution >= 4 is 11.9 Å². The minimum Gasteiger partial charge on any atom is -0.508 e. The monoisotopic (exact) mass is 223 g/mol. The van der Waals surface area contributed by atoms with E-state index in [-0.39, 0.29) is 11.6 Å². The number of nitrogens with zero attached hydrogens (tertiary/aromatic N) is 2. The van der Waals surface area contributed by atoms with E-state index in [2.05, 4.69) is 4.99 Å². The van der Waals surface area contributed by atoms with Crippen molar-refractivity contribution in [1.82, 2.24) is 4.90 Å². The zero-order valence-corrected chi connectivity index (χ0v) is 8.51. The van der Waals surface area contributed by atoms with E-state index in [1.807, 2.05) is 0 Å². The number of aromatic hydroxyl groups is 1. The number of hydrogen-bond donors (Lipinski definition) is 2. The minimum atomic E-state index is -0.617. The highest BCUT2D eigenvalue weighted by Crippen LogP contribution is 2.28. The molecule has 0 aliphatic carbocycles. The Morgan fingerprint density at radius 3 is 2.69 bits per heavy atom. The molecule has 0 aromatic heterocycles. The molecule has 0 radical (unpaired) electrons. The number of rotatable bonds is 1. The summed E-state index contributed by atoms with van der Waals surface area (Å²) in [6.45, 7) is 0. The van der Waals surface area contributed by atoms with Gasteiger partial charge in [-0.3, -0.25) is 0 Å². The lowest BCUT2D eigenvalue weighted by atomic mass is 10.1. The van der Waals surface area contributed by atoms with Crippen LogP contribution >= 0.6 is 0 Å². The molecule has 0 spiro atoms. The molecule has 0 saturated carbocycles. The number of amidine groups is 1. The van der Waals surface area contributed by atoms with E-state index in [1.165, 1.54) is 24.1 Å². The molecule has 1 aliphatic heterocycles. The molecule has 84 valence electrons. The van der Waals surface area contributed by atoms with E-state index in [4.69, 9.17) is 5.73 Å². The Bertz CT molecular complexity index is 467. The Balaban J connectivity index is 2.45. The lowest BCUT2D eigenvalue weighted by molar-refractivity contribution is 0.218. The number of hydrogen-bond acceptors (Lipinski definition) is 3. The van der Waals surface area contributed by atoms with Gasteiger partial charge < -0.3 is 15.7 Å². The fourth-order valence-corrected chi connectivity index (χ4v) is 1.71. The molecule has 1 heterocycles. The molecule has 0 bridgehead atoms. The topological polar surface area (TPSA) is 78.9 Å². The van der Waals surface area contributed by atoms with Crippen LogP contribution in [0.3, 0.4) is 0 Å². The maximum absolute atomic E-state index is 13.1. The van der Waals surface area contributed by atoms with Crippen molar-refractivity contribution in [2.75, 3.05) is 7.05 Å². The smallest absolute Gasteiger partial charge is 0.345 e. The van der Waals surface area contributed by atoms with Gasteiger partial charge in [-0.15, -0.1) is 0 Å². The fraction of sp³-hybridized carbons (Fsp3) is 0.200. The molecule has 2 rings (SSSR count). The molecule has 2 amide bonds. The van der Waals surface area contributed by atoms with E-state index in [1.54, 1.807) is 0 Å². The first-order valence-electron chi connectivity index (χ1n) is 4.59. The van der Waals surface area contributed by atoms with Crippen molar-refractivity contribution in [3.05, 3.63) is 29.6 Å². The molecule has 1 aliphatic rings. The van der Waals surface area contributed by atoms with Crippen LogP contribution in [-0.4, -0.2) is 28.9 Å². The average molecular weight is 223 g/mol. The fourth-order valence-electron chi connectivity index (χ4n) is 1.71. The van der Waals surface area contributed by atoms with Crippen molar-refractivity contribution in [2.24, 2.45) is 10.7 Å². The van der Waals surface area contributed by atoms with Crippen LogP contribution in [0.1, 0.15) is 11.6 Å². The molecule has 16 heavy (non-hydrogen) atoms. The van der Waals surface area contributed by atoms with Crippen LogP contribution in [0.4, 0.5) is 9.18 Å². The van der Waals surface area contributed by atoms with Crippen molar-refractivity contribution in [1.29, 1.82) is 0 Å². The Hall–Kier alpha value is -2.11. The number of aliphatic imine (C=N–C) groups is 1. The number of nitrogens with two attached hydrogens (primary N) is 1. The minimum absolute atomic E-state index is 0.0949. The van der Waals surface area contributed by atoms with Gasteiger partial charge in [0.25, 0.3) is 0 Å². The Labute approximate surface area is 91.0 Å². The van der Waals surface area contributed by atoms with Gasteiger partial charge in [-0.05, 0) is 17.7 Å². The number of carbonyl (C=O) groups is 1. The lowest BCUT2D eigenvalue weighted by Gasteiger charge is -2.19. The van der Waals surface area contributed by atoms with E-state index in [9.17, 15) is 14.3 Å². The average Bonchev–Trinajstić information content (AvgIpc) is 2.39. The predicted molar refractivity (Wildman–Crippen MR) is 55.6 cm³/mol. The molecule has 6 heteroatoms. The molecular formula is C10H10FN3O2. The standard InChI is InChI=1S/C10H10FN3O2/c1-14-8(9(12)13-10(14)16)5-2-6(11)4-7(15)3-5/h2-4,8,15H,1H3,(H2,12,13,16). The second kappa shape index (κ2) is 3.48. The predicted octanol–water partition coefficient (Wildman–Crippen LogP) is 0.995. The van der Waals surface area contributed by atoms with Crippen LogP contribution in [0.2, 0.25) is 0 Å². The summed E-state index contributed by atoms with van der Waals surface area (Å²) >= 11 is 0. The van der Waals surface area contributed by atoms with E-state index in [0.29, 0.717) is 5.56 Å². The van der Waals surface area contributed by atoms with Crippen LogP contribution in [0, 0.1) is 5.82 Å². The van der Waals surface area contributed by atoms with Crippen LogP contribution in [-0.2, 0) is 0 Å². The summed E-state index contributed by atoms with van der Waals surface area (Å²) in [6, 6.07) is 2.45. The third-order valence-electron chi connectivity index (χ3n) is 2.41. The number of phenolic OH excluding ortho intramolecular Hbond substituents is 1. The van der Waals surface area contributed by atoms with Gasteiger partial charge in [-0.2, -0.15) is 4.99 Å². The summed E-state index contributed by atoms with van der Waals surface area (Å²) in [7, 11) is 1.51. The first-order chi connectivity index (χ1) is 7.49. The second-order valence-corrected chi connectivity index (χ2v) is 3.58. The third-order valence-corrected chi connectivity index (χ3v) is 2.41. The summed E-state index contributed by atoms with van der Waals surface area (Å²) in [5, 5.41) is 9.27. The van der Waals surface area contributed by atoms with E-state index in [0.717, 1.165) is 6.07 Å². The summed E-state index contributed by atoms with van der Waals surface area (Å²) < 4.78 is 13.1. The lowest BCUT2D eigenvalue weighted by Crippen LogP contribution is -2.30. The van der Waals surface area contributed by atoms with Crippen LogP contribution < -0.4 is 5.73 Å². The quantitative estimate of drug-likeness (QED) is 0.745. The summed E-state index contributed by atoms with van der Waals surface area (Å²) in [6.07, 6.45) is 0. The number of carbonyl (C=O) groups excluding carboxylic acids is 1. The highest BCUT2D eigenvalue weighted by Gasteiger charge is 2.31.